The standard InChI is InChI=1S/C17H20N2O/c1-2-12-6-8-13(9-7-12)18-15-4-3-5-16-14(15)10-11-17(20)19-16/h6-11,15,18H,2-5H2,1H3,(H,19,20). The molecule has 20 heavy (non-hydrogen) atoms. The zero-order chi connectivity index (χ0) is 13.9. The van der Waals surface area contributed by atoms with Crippen LogP contribution in [-0.4, -0.2) is 4.98 Å². The molecule has 0 bridgehead atoms. The van der Waals surface area contributed by atoms with Crippen LogP contribution < -0.4 is 10.9 Å². The lowest BCUT2D eigenvalue weighted by Gasteiger charge is -2.26. The lowest BCUT2D eigenvalue weighted by Crippen LogP contribution is -2.21. The third-order valence-electron chi connectivity index (χ3n) is 4.03. The molecule has 2 aromatic rings. The van der Waals surface area contributed by atoms with Gasteiger partial charge in [-0.15, -0.1) is 0 Å². The molecule has 2 N–H and O–H groups in total. The molecular formula is C17H20N2O. The van der Waals surface area contributed by atoms with E-state index in [1.807, 2.05) is 6.07 Å². The monoisotopic (exact) mass is 268 g/mol. The maximum Gasteiger partial charge on any atom is 0.248 e. The van der Waals surface area contributed by atoms with Crippen LogP contribution in [0.15, 0.2) is 41.2 Å². The number of H-pyrrole nitrogens is 1. The largest absolute Gasteiger partial charge is 0.378 e. The molecule has 0 spiro atoms. The van der Waals surface area contributed by atoms with Crippen LogP contribution in [0.3, 0.4) is 0 Å². The second-order valence-electron chi connectivity index (χ2n) is 5.40. The van der Waals surface area contributed by atoms with E-state index in [1.165, 1.54) is 11.1 Å². The Bertz CT molecular complexity index is 643. The van der Waals surface area contributed by atoms with Gasteiger partial charge < -0.3 is 10.3 Å². The highest BCUT2D eigenvalue weighted by Gasteiger charge is 2.20. The molecule has 0 fully saturated rings. The van der Waals surface area contributed by atoms with Gasteiger partial charge in [0.15, 0.2) is 0 Å². The average molecular weight is 268 g/mol. The van der Waals surface area contributed by atoms with Crippen LogP contribution in [0, 0.1) is 0 Å². The molecule has 3 rings (SSSR count). The van der Waals surface area contributed by atoms with E-state index in [-0.39, 0.29) is 5.56 Å². The molecule has 0 radical (unpaired) electrons. The Morgan fingerprint density at radius 2 is 2.00 bits per heavy atom. The van der Waals surface area contributed by atoms with Crippen LogP contribution in [-0.2, 0) is 12.8 Å². The first-order chi connectivity index (χ1) is 9.76. The second-order valence-corrected chi connectivity index (χ2v) is 5.40. The van der Waals surface area contributed by atoms with Gasteiger partial charge >= 0.3 is 0 Å². The number of nitrogens with one attached hydrogen (secondary N) is 2. The van der Waals surface area contributed by atoms with Gasteiger partial charge in [-0.25, -0.2) is 0 Å². The fourth-order valence-electron chi connectivity index (χ4n) is 2.89. The van der Waals surface area contributed by atoms with Crippen LogP contribution in [0.1, 0.15) is 42.6 Å². The fourth-order valence-corrected chi connectivity index (χ4v) is 2.89. The molecule has 104 valence electrons. The van der Waals surface area contributed by atoms with Crippen molar-refractivity contribution < 1.29 is 0 Å². The molecule has 1 atom stereocenters. The lowest BCUT2D eigenvalue weighted by atomic mass is 9.91. The topological polar surface area (TPSA) is 44.9 Å². The first-order valence-electron chi connectivity index (χ1n) is 7.34. The SMILES string of the molecule is CCc1ccc(NC2CCCc3[nH]c(=O)ccc32)cc1. The summed E-state index contributed by atoms with van der Waals surface area (Å²) in [4.78, 5) is 14.4. The minimum absolute atomic E-state index is 0.00306. The van der Waals surface area contributed by atoms with Crippen molar-refractivity contribution in [1.82, 2.24) is 4.98 Å². The molecule has 0 saturated carbocycles. The summed E-state index contributed by atoms with van der Waals surface area (Å²) in [7, 11) is 0. The quantitative estimate of drug-likeness (QED) is 0.895. The highest BCUT2D eigenvalue weighted by molar-refractivity contribution is 5.47. The zero-order valence-electron chi connectivity index (χ0n) is 11.8. The minimum Gasteiger partial charge on any atom is -0.378 e. The second kappa shape index (κ2) is 5.53. The average Bonchev–Trinajstić information content (AvgIpc) is 2.48. The number of anilines is 1. The summed E-state index contributed by atoms with van der Waals surface area (Å²) in [6, 6.07) is 12.5. The van der Waals surface area contributed by atoms with Gasteiger partial charge in [0.25, 0.3) is 0 Å². The maximum atomic E-state index is 11.4. The van der Waals surface area contributed by atoms with Crippen molar-refractivity contribution in [1.29, 1.82) is 0 Å². The smallest absolute Gasteiger partial charge is 0.248 e. The first kappa shape index (κ1) is 13.0. The van der Waals surface area contributed by atoms with E-state index < -0.39 is 0 Å². The minimum atomic E-state index is -0.00306. The number of aryl methyl sites for hydroxylation is 2. The molecule has 1 aliphatic rings. The predicted molar refractivity (Wildman–Crippen MR) is 82.2 cm³/mol. The number of hydrogen-bond acceptors (Lipinski definition) is 2. The Morgan fingerprint density at radius 1 is 1.20 bits per heavy atom. The molecule has 3 nitrogen and oxygen atoms in total. The molecule has 1 unspecified atom stereocenters. The molecule has 0 amide bonds. The van der Waals surface area contributed by atoms with Crippen LogP contribution in [0.2, 0.25) is 0 Å². The van der Waals surface area contributed by atoms with Crippen LogP contribution in [0.25, 0.3) is 0 Å². The van der Waals surface area contributed by atoms with Crippen molar-refractivity contribution in [2.75, 3.05) is 5.32 Å². The van der Waals surface area contributed by atoms with Gasteiger partial charge in [-0.1, -0.05) is 19.1 Å². The van der Waals surface area contributed by atoms with Crippen molar-refractivity contribution in [3.8, 4) is 0 Å². The third-order valence-corrected chi connectivity index (χ3v) is 4.03. The molecule has 1 aromatic carbocycles. The third kappa shape index (κ3) is 2.62. The molecule has 1 aromatic heterocycles. The van der Waals surface area contributed by atoms with Crippen molar-refractivity contribution in [3.63, 3.8) is 0 Å². The molecular weight excluding hydrogens is 248 g/mol. The van der Waals surface area contributed by atoms with E-state index in [1.54, 1.807) is 6.07 Å². The lowest BCUT2D eigenvalue weighted by molar-refractivity contribution is 0.587. The van der Waals surface area contributed by atoms with Gasteiger partial charge in [0, 0.05) is 17.4 Å². The van der Waals surface area contributed by atoms with Crippen molar-refractivity contribution in [2.24, 2.45) is 0 Å². The summed E-state index contributed by atoms with van der Waals surface area (Å²) in [6.07, 6.45) is 4.25. The Labute approximate surface area is 119 Å². The first-order valence-corrected chi connectivity index (χ1v) is 7.34. The maximum absolute atomic E-state index is 11.4. The van der Waals surface area contributed by atoms with Gasteiger partial charge in [0.05, 0.1) is 6.04 Å². The van der Waals surface area contributed by atoms with Crippen LogP contribution >= 0.6 is 0 Å². The van der Waals surface area contributed by atoms with Crippen molar-refractivity contribution in [2.45, 2.75) is 38.6 Å². The normalized spacial score (nSPS) is 17.6. The number of benzene rings is 1. The van der Waals surface area contributed by atoms with Crippen molar-refractivity contribution >= 4 is 5.69 Å². The number of aromatic nitrogens is 1. The summed E-state index contributed by atoms with van der Waals surface area (Å²) in [6.45, 7) is 2.16. The van der Waals surface area contributed by atoms with E-state index in [2.05, 4.69) is 41.5 Å². The molecule has 0 aliphatic heterocycles. The van der Waals surface area contributed by atoms with Gasteiger partial charge in [-0.3, -0.25) is 4.79 Å². The Morgan fingerprint density at radius 3 is 2.75 bits per heavy atom. The Balaban J connectivity index is 1.83. The molecule has 0 saturated heterocycles. The van der Waals surface area contributed by atoms with E-state index in [0.29, 0.717) is 6.04 Å². The van der Waals surface area contributed by atoms with E-state index in [0.717, 1.165) is 37.1 Å². The molecule has 1 aliphatic carbocycles. The summed E-state index contributed by atoms with van der Waals surface area (Å²) >= 11 is 0. The number of aromatic amines is 1. The summed E-state index contributed by atoms with van der Waals surface area (Å²) in [5.74, 6) is 0. The Hall–Kier alpha value is -2.03. The summed E-state index contributed by atoms with van der Waals surface area (Å²) < 4.78 is 0. The van der Waals surface area contributed by atoms with Crippen LogP contribution in [0.4, 0.5) is 5.69 Å². The highest BCUT2D eigenvalue weighted by atomic mass is 16.1. The summed E-state index contributed by atoms with van der Waals surface area (Å²) in [5, 5.41) is 3.59. The van der Waals surface area contributed by atoms with E-state index in [9.17, 15) is 4.79 Å². The number of pyridine rings is 1. The van der Waals surface area contributed by atoms with Gasteiger partial charge in [-0.2, -0.15) is 0 Å². The Kier molecular flexibility index (Phi) is 3.59. The predicted octanol–water partition coefficient (Wildman–Crippen LogP) is 3.43. The molecule has 1 heterocycles. The van der Waals surface area contributed by atoms with Gasteiger partial charge in [-0.05, 0) is 55.0 Å². The number of rotatable bonds is 3. The molecule has 3 heteroatoms. The summed E-state index contributed by atoms with van der Waals surface area (Å²) in [5.41, 5.74) is 4.81. The van der Waals surface area contributed by atoms with Gasteiger partial charge in [0.2, 0.25) is 5.56 Å². The van der Waals surface area contributed by atoms with E-state index >= 15 is 0 Å². The van der Waals surface area contributed by atoms with E-state index in [4.69, 9.17) is 0 Å². The number of fused-ring (bicyclic) bond motifs is 1. The fraction of sp³-hybridized carbons (Fsp3) is 0.353. The van der Waals surface area contributed by atoms with Crippen LogP contribution in [0.5, 0.6) is 0 Å². The van der Waals surface area contributed by atoms with Crippen molar-refractivity contribution in [3.05, 3.63) is 63.6 Å². The van der Waals surface area contributed by atoms with Gasteiger partial charge in [0.1, 0.15) is 0 Å². The number of hydrogen-bond donors (Lipinski definition) is 2. The zero-order valence-corrected chi connectivity index (χ0v) is 11.8. The highest BCUT2D eigenvalue weighted by Crippen LogP contribution is 2.30.